The molecule has 24 nitrogen and oxygen atoms in total. The second-order valence-corrected chi connectivity index (χ2v) is 21.2. The number of nitrogens with zero attached hydrogens (tertiary/aromatic N) is 2. The topological polar surface area (TPSA) is 312 Å². The predicted octanol–water partition coefficient (Wildman–Crippen LogP) is 3.16. The molecule has 8 N–H and O–H groups in total. The van der Waals surface area contributed by atoms with Crippen molar-refractivity contribution < 1.29 is 85.8 Å². The van der Waals surface area contributed by atoms with Crippen LogP contribution in [-0.2, 0) is 56.3 Å². The number of ketones is 1. The molecular weight excluding hydrogens is 1020 g/mol. The lowest BCUT2D eigenvalue weighted by Crippen LogP contribution is -2.47. The number of ether oxygens (including phenoxy) is 4. The van der Waals surface area contributed by atoms with Crippen LogP contribution >= 0.6 is 15.5 Å². The minimum atomic E-state index is -4.32. The highest BCUT2D eigenvalue weighted by Gasteiger charge is 2.52. The number of fused-ring (bicyclic) bond motifs is 1. The Hall–Kier alpha value is -5.82. The first-order chi connectivity index (χ1) is 35.5. The minimum absolute atomic E-state index is 0.133. The average molecular weight is 1090 g/mol. The summed E-state index contributed by atoms with van der Waals surface area (Å²) in [4.78, 5) is 50.5. The third-order valence-electron chi connectivity index (χ3n) is 11.8. The van der Waals surface area contributed by atoms with Crippen molar-refractivity contribution in [1.82, 2.24) is 30.6 Å². The summed E-state index contributed by atoms with van der Waals surface area (Å²) in [5.41, 5.74) is 0. The molecule has 0 bridgehead atoms. The Bertz CT molecular complexity index is 2710. The smallest absolute Gasteiger partial charge is 0.459 e. The van der Waals surface area contributed by atoms with Crippen molar-refractivity contribution in [2.75, 3.05) is 13.7 Å². The molecule has 14 atom stereocenters. The van der Waals surface area contributed by atoms with Gasteiger partial charge in [-0.3, -0.25) is 28.2 Å². The zero-order valence-electron chi connectivity index (χ0n) is 42.2. The molecule has 2 saturated heterocycles. The van der Waals surface area contributed by atoms with E-state index in [0.717, 1.165) is 5.39 Å². The summed E-state index contributed by atoms with van der Waals surface area (Å²) >= 11 is 0. The van der Waals surface area contributed by atoms with E-state index in [1.165, 1.54) is 74.4 Å². The zero-order chi connectivity index (χ0) is 54.9. The van der Waals surface area contributed by atoms with Gasteiger partial charge in [0.25, 0.3) is 11.8 Å². The highest BCUT2D eigenvalue weighted by Crippen LogP contribution is 2.50. The highest BCUT2D eigenvalue weighted by molar-refractivity contribution is 7.52. The number of Topliss-reactive ketones (excluding diaryl/α,β-unsaturated/α-hetero) is 1. The van der Waals surface area contributed by atoms with Crippen LogP contribution in [0.25, 0.3) is 10.8 Å². The molecule has 4 heterocycles. The number of para-hydroxylation sites is 1. The van der Waals surface area contributed by atoms with E-state index in [1.807, 2.05) is 30.3 Å². The predicted molar refractivity (Wildman–Crippen MR) is 269 cm³/mol. The zero-order valence-corrected chi connectivity index (χ0v) is 43.9. The lowest BCUT2D eigenvalue weighted by Gasteiger charge is -2.33. The number of hydrogen-bond donors (Lipinski definition) is 8. The molecular formula is C49H64N6O18P2. The van der Waals surface area contributed by atoms with Gasteiger partial charge in [0, 0.05) is 37.0 Å². The molecule has 0 radical (unpaired) electrons. The van der Waals surface area contributed by atoms with Gasteiger partial charge in [0.15, 0.2) is 18.2 Å². The number of esters is 1. The van der Waals surface area contributed by atoms with E-state index in [-0.39, 0.29) is 29.0 Å². The summed E-state index contributed by atoms with van der Waals surface area (Å²) in [6.45, 7) is 16.0. The third-order valence-corrected chi connectivity index (χ3v) is 15.3. The minimum Gasteiger partial charge on any atom is -0.462 e. The Balaban J connectivity index is 0.000000248. The summed E-state index contributed by atoms with van der Waals surface area (Å²) in [6, 6.07) is 18.6. The number of hydrogen-bond acceptors (Lipinski definition) is 20. The van der Waals surface area contributed by atoms with E-state index in [9.17, 15) is 43.6 Å². The molecule has 4 aliphatic heterocycles. The van der Waals surface area contributed by atoms with Gasteiger partial charge in [-0.1, -0.05) is 67.8 Å². The molecule has 2 fully saturated rings. The second-order valence-electron chi connectivity index (χ2n) is 17.9. The molecule has 0 spiro atoms. The van der Waals surface area contributed by atoms with Gasteiger partial charge in [-0.15, -0.1) is 0 Å². The van der Waals surface area contributed by atoms with E-state index in [1.54, 1.807) is 51.1 Å². The van der Waals surface area contributed by atoms with Crippen LogP contribution in [0.1, 0.15) is 41.5 Å². The van der Waals surface area contributed by atoms with Crippen LogP contribution in [0.3, 0.4) is 0 Å². The Morgan fingerprint density at radius 2 is 1.23 bits per heavy atom. The first-order valence-electron chi connectivity index (χ1n) is 23.7. The van der Waals surface area contributed by atoms with Crippen LogP contribution in [0.2, 0.25) is 0 Å². The Morgan fingerprint density at radius 1 is 0.707 bits per heavy atom. The number of benzene rings is 3. The molecule has 3 aromatic carbocycles. The van der Waals surface area contributed by atoms with Crippen LogP contribution in [-0.4, -0.2) is 147 Å². The highest BCUT2D eigenvalue weighted by atomic mass is 31.2. The van der Waals surface area contributed by atoms with Crippen molar-refractivity contribution in [3.63, 3.8) is 0 Å². The van der Waals surface area contributed by atoms with E-state index < -0.39 is 119 Å². The number of aliphatic hydroxyl groups excluding tert-OH is 4. The number of rotatable bonds is 21. The number of aliphatic hydroxyl groups is 4. The van der Waals surface area contributed by atoms with Crippen LogP contribution in [0.4, 0.5) is 0 Å². The average Bonchev–Trinajstić information content (AvgIpc) is 3.85. The van der Waals surface area contributed by atoms with Crippen LogP contribution in [0.15, 0.2) is 122 Å². The lowest BCUT2D eigenvalue weighted by atomic mass is 10.1. The maximum atomic E-state index is 14.3. The maximum absolute atomic E-state index is 14.3. The van der Waals surface area contributed by atoms with Crippen LogP contribution in [0, 0.1) is 0 Å². The van der Waals surface area contributed by atoms with E-state index >= 15 is 0 Å². The van der Waals surface area contributed by atoms with Gasteiger partial charge in [-0.05, 0) is 65.1 Å². The number of methoxy groups -OCH3 is 1. The van der Waals surface area contributed by atoms with Gasteiger partial charge in [-0.2, -0.15) is 5.09 Å². The van der Waals surface area contributed by atoms with E-state index in [4.69, 9.17) is 42.1 Å². The SMILES string of the molecule is C=C1NC(=O)C=CN1[C@@H]1O[C@H](C(C)OP(=O)(NC(C)C(=O)CO)Oc2ccccc2)C(O)C1O.C=C1NC(=O)C=CN1[C@@H]1O[C@H](C(C)OP(=O)(NC(C)C(=O)OC(C)C)Oc2cccc3ccccc23)C(O)C1OC. The second kappa shape index (κ2) is 25.3. The molecule has 3 aromatic rings. The Labute approximate surface area is 433 Å². The molecule has 10 unspecified atom stereocenters. The summed E-state index contributed by atoms with van der Waals surface area (Å²) in [7, 11) is -7.16. The van der Waals surface area contributed by atoms with Crippen molar-refractivity contribution in [2.45, 2.75) is 121 Å². The van der Waals surface area contributed by atoms with Crippen molar-refractivity contribution in [1.29, 1.82) is 0 Å². The summed E-state index contributed by atoms with van der Waals surface area (Å²) < 4.78 is 73.7. The van der Waals surface area contributed by atoms with Gasteiger partial charge in [0.2, 0.25) is 0 Å². The summed E-state index contributed by atoms with van der Waals surface area (Å²) in [6.07, 6.45) is -6.44. The first-order valence-corrected chi connectivity index (χ1v) is 26.7. The molecule has 7 rings (SSSR count). The van der Waals surface area contributed by atoms with Crippen LogP contribution in [0.5, 0.6) is 11.5 Å². The summed E-state index contributed by atoms with van der Waals surface area (Å²) in [5, 5.41) is 53.1. The lowest BCUT2D eigenvalue weighted by molar-refractivity contribution is -0.149. The molecule has 4 aliphatic rings. The Morgan fingerprint density at radius 3 is 1.80 bits per heavy atom. The fourth-order valence-corrected chi connectivity index (χ4v) is 11.5. The largest absolute Gasteiger partial charge is 0.462 e. The third kappa shape index (κ3) is 14.6. The molecule has 75 heavy (non-hydrogen) atoms. The van der Waals surface area contributed by atoms with Gasteiger partial charge in [0.1, 0.15) is 72.4 Å². The Kier molecular flexibility index (Phi) is 19.8. The van der Waals surface area contributed by atoms with Crippen molar-refractivity contribution in [3.05, 3.63) is 122 Å². The van der Waals surface area contributed by atoms with Crippen molar-refractivity contribution >= 4 is 49.8 Å². The molecule has 0 aliphatic carbocycles. The van der Waals surface area contributed by atoms with Crippen molar-refractivity contribution in [3.8, 4) is 11.5 Å². The maximum Gasteiger partial charge on any atom is 0.459 e. The molecule has 408 valence electrons. The monoisotopic (exact) mass is 1090 g/mol. The molecule has 0 saturated carbocycles. The standard InChI is InChI=1S/C28H36N3O9P.C21H28N3O9P/c1-16(2)37-28(34)17(3)30-41(35,40-22-13-9-11-20-10-7-8-12-21(20)22)39-18(4)25-24(33)26(36-6)27(38-25)31-15-14-23(32)29-19(31)5;1-12(16(26)11-25)23-34(30,33-15-7-5-4-6-8-15)32-13(2)20-18(28)19(29)21(31-20)24-10-9-17(27)22-14(24)3/h7-18,24-27,33H,5H2,1-4,6H3,(H,29,32)(H,30,35);4-10,12-13,18-21,25,28-29H,3,11H2,1-2H3,(H,22,27)(H,23,30)/t17?,18?,24?,25-,26?,27-,41?;12?,13?,18?,19?,20-,21-,34?/m11/s1. The fourth-order valence-electron chi connectivity index (χ4n) is 8.11. The van der Waals surface area contributed by atoms with Gasteiger partial charge in [0.05, 0.1) is 24.4 Å². The molecule has 2 amide bonds. The van der Waals surface area contributed by atoms with Gasteiger partial charge >= 0.3 is 21.5 Å². The fraction of sp³-hybridized carbons (Fsp3) is 0.429. The summed E-state index contributed by atoms with van der Waals surface area (Å²) in [5.74, 6) is -1.23. The normalized spacial score (nSPS) is 26.8. The quantitative estimate of drug-likeness (QED) is 0.0561. The van der Waals surface area contributed by atoms with E-state index in [0.29, 0.717) is 5.39 Å². The number of carbonyl (C=O) groups is 4. The molecule has 26 heteroatoms. The number of carbonyl (C=O) groups excluding carboxylic acids is 4. The number of amides is 2. The van der Waals surface area contributed by atoms with Gasteiger partial charge < -0.3 is 68.9 Å². The first kappa shape index (κ1) is 58.4. The van der Waals surface area contributed by atoms with Gasteiger partial charge in [-0.25, -0.2) is 14.2 Å². The number of nitrogens with one attached hydrogen (secondary N) is 4. The van der Waals surface area contributed by atoms with Crippen LogP contribution < -0.4 is 29.9 Å². The molecule has 0 aromatic heterocycles. The van der Waals surface area contributed by atoms with E-state index in [2.05, 4.69) is 34.0 Å². The van der Waals surface area contributed by atoms with Crippen molar-refractivity contribution in [2.24, 2.45) is 0 Å².